The van der Waals surface area contributed by atoms with Crippen molar-refractivity contribution in [1.29, 1.82) is 0 Å². The lowest BCUT2D eigenvalue weighted by Crippen LogP contribution is -2.30. The summed E-state index contributed by atoms with van der Waals surface area (Å²) < 4.78 is 34.8. The van der Waals surface area contributed by atoms with Crippen molar-refractivity contribution >= 4 is 51.2 Å². The number of nitrogens with zero attached hydrogens (tertiary/aromatic N) is 2. The van der Waals surface area contributed by atoms with Crippen LogP contribution in [-0.4, -0.2) is 31.7 Å². The van der Waals surface area contributed by atoms with Gasteiger partial charge in [-0.05, 0) is 129 Å². The van der Waals surface area contributed by atoms with Crippen LogP contribution in [0.15, 0.2) is 133 Å². The van der Waals surface area contributed by atoms with E-state index >= 15 is 0 Å². The van der Waals surface area contributed by atoms with E-state index in [1.807, 2.05) is 46.3 Å². The van der Waals surface area contributed by atoms with E-state index in [0.717, 1.165) is 13.1 Å². The first-order valence-electron chi connectivity index (χ1n) is 23.6. The molecule has 6 aromatic rings. The maximum absolute atomic E-state index is 11.0. The zero-order valence-electron chi connectivity index (χ0n) is 40.6. The third kappa shape index (κ3) is 14.3. The molecule has 0 bridgehead atoms. The average Bonchev–Trinajstić information content (AvgIpc) is 3.32. The monoisotopic (exact) mass is 893 g/mol. The van der Waals surface area contributed by atoms with Crippen molar-refractivity contribution in [2.24, 2.45) is 5.92 Å². The van der Waals surface area contributed by atoms with Crippen LogP contribution in [-0.2, 0) is 0 Å². The number of rotatable bonds is 12. The van der Waals surface area contributed by atoms with Gasteiger partial charge in [0.25, 0.3) is 0 Å². The smallest absolute Gasteiger partial charge is 0.382 e. The minimum Gasteiger partial charge on any atom is -0.382 e. The van der Waals surface area contributed by atoms with Crippen molar-refractivity contribution in [3.05, 3.63) is 161 Å². The Labute approximate surface area is 389 Å². The van der Waals surface area contributed by atoms with Gasteiger partial charge in [0.15, 0.2) is 0 Å². The summed E-state index contributed by atoms with van der Waals surface area (Å²) in [7, 11) is 1.22. The highest BCUT2D eigenvalue weighted by atomic mass is 32.2. The lowest BCUT2D eigenvalue weighted by atomic mass is 9.82. The van der Waals surface area contributed by atoms with Gasteiger partial charge >= 0.3 is 5.51 Å². The van der Waals surface area contributed by atoms with Crippen LogP contribution in [0.25, 0.3) is 10.8 Å². The number of alkyl halides is 3. The zero-order valence-corrected chi connectivity index (χ0v) is 41.4. The van der Waals surface area contributed by atoms with E-state index in [2.05, 4.69) is 183 Å². The first-order chi connectivity index (χ1) is 31.0. The molecule has 346 valence electrons. The summed E-state index contributed by atoms with van der Waals surface area (Å²) in [4.78, 5) is 4.83. The molecule has 0 spiro atoms. The van der Waals surface area contributed by atoms with Gasteiger partial charge in [0.05, 0.1) is 0 Å². The molecule has 0 saturated heterocycles. The van der Waals surface area contributed by atoms with Crippen LogP contribution >= 0.6 is 11.9 Å². The third-order valence-corrected chi connectivity index (χ3v) is 11.9. The van der Waals surface area contributed by atoms with Crippen LogP contribution in [0.1, 0.15) is 122 Å². The Balaban J connectivity index is 0.000000749. The second kappa shape index (κ2) is 27.4. The van der Waals surface area contributed by atoms with Gasteiger partial charge in [-0.3, -0.25) is 4.72 Å². The summed E-state index contributed by atoms with van der Waals surface area (Å²) in [5.41, 5.74) is 8.57. The summed E-state index contributed by atoms with van der Waals surface area (Å²) in [6, 6.07) is 50.3. The Morgan fingerprint density at radius 1 is 0.594 bits per heavy atom. The molecular formula is C56H75F3N4S. The predicted molar refractivity (Wildman–Crippen MR) is 277 cm³/mol. The molecule has 7 rings (SSSR count). The Morgan fingerprint density at radius 2 is 1.03 bits per heavy atom. The highest BCUT2D eigenvalue weighted by molar-refractivity contribution is 7.98. The highest BCUT2D eigenvalue weighted by Crippen LogP contribution is 2.41. The lowest BCUT2D eigenvalue weighted by molar-refractivity contribution is -0.0334. The molecule has 1 aliphatic carbocycles. The molecule has 2 atom stereocenters. The second-order valence-corrected chi connectivity index (χ2v) is 16.3. The topological polar surface area (TPSA) is 30.5 Å². The van der Waals surface area contributed by atoms with Gasteiger partial charge in [-0.1, -0.05) is 152 Å². The van der Waals surface area contributed by atoms with Gasteiger partial charge in [-0.25, -0.2) is 0 Å². The van der Waals surface area contributed by atoms with Crippen LogP contribution in [0.5, 0.6) is 0 Å². The lowest BCUT2D eigenvalue weighted by Gasteiger charge is -2.31. The summed E-state index contributed by atoms with van der Waals surface area (Å²) in [6.07, 6.45) is 5.21. The molecule has 2 N–H and O–H groups in total. The number of hydrogen-bond acceptors (Lipinski definition) is 5. The summed E-state index contributed by atoms with van der Waals surface area (Å²) in [5, 5.41) is 6.62. The van der Waals surface area contributed by atoms with Crippen molar-refractivity contribution in [3.63, 3.8) is 0 Å². The minimum absolute atomic E-state index is 0.0720. The number of benzene rings is 6. The van der Waals surface area contributed by atoms with Crippen molar-refractivity contribution in [2.75, 3.05) is 35.3 Å². The number of nitrogens with one attached hydrogen (secondary N) is 2. The SMILES string of the molecule is CC.CC.CC.CCN(c1ccc(C(c2ccc(N(CC)c3ccccc3C)cc2)c2ccc(NC3CCCCC3C)c3ccccc23)cc1)c1ccccc1C.CNSC(F)(F)F. The Bertz CT molecular complexity index is 2120. The maximum atomic E-state index is 11.0. The quantitative estimate of drug-likeness (QED) is 0.0944. The molecule has 0 aliphatic heterocycles. The standard InChI is InChI=1S/C48H53N3.C2H4F3NS.3C2H6/c1-6-50(46-22-14-9-17-35(46)4)39-28-24-37(25-29-39)48(38-26-30-40(31-27-38)51(7-2)47-23-15-10-18-36(47)5)43-32-33-45(42-20-12-11-19-41(42)43)49-44-21-13-8-16-34(44)3;1-6-7-2(3,4)5;3*1-2/h9-12,14-15,17-20,22-34,44,48-49H,6-8,13,16,21H2,1-5H3;6H,1H3;3*1-2H3. The Kier molecular flexibility index (Phi) is 22.9. The van der Waals surface area contributed by atoms with Gasteiger partial charge in [0.1, 0.15) is 0 Å². The summed E-state index contributed by atoms with van der Waals surface area (Å²) in [6.45, 7) is 25.1. The van der Waals surface area contributed by atoms with Crippen LogP contribution in [0.4, 0.5) is 41.6 Å². The molecule has 4 nitrogen and oxygen atoms in total. The minimum atomic E-state index is -4.14. The molecule has 1 fully saturated rings. The first-order valence-corrected chi connectivity index (χ1v) is 24.4. The van der Waals surface area contributed by atoms with Crippen molar-refractivity contribution < 1.29 is 13.2 Å². The maximum Gasteiger partial charge on any atom is 0.456 e. The number of hydrogen-bond donors (Lipinski definition) is 2. The molecule has 8 heteroatoms. The van der Waals surface area contributed by atoms with Gasteiger partial charge in [-0.2, -0.15) is 13.2 Å². The zero-order chi connectivity index (χ0) is 47.2. The van der Waals surface area contributed by atoms with Crippen molar-refractivity contribution in [1.82, 2.24) is 4.72 Å². The molecule has 0 heterocycles. The molecule has 2 unspecified atom stereocenters. The normalized spacial score (nSPS) is 14.3. The number of halogens is 3. The number of fused-ring (bicyclic) bond motifs is 1. The largest absolute Gasteiger partial charge is 0.456 e. The Hall–Kier alpha value is -4.92. The fraction of sp³-hybridized carbons (Fsp3) is 0.393. The summed E-state index contributed by atoms with van der Waals surface area (Å²) >= 11 is -0.262. The van der Waals surface area contributed by atoms with E-state index in [1.54, 1.807) is 0 Å². The van der Waals surface area contributed by atoms with Crippen LogP contribution in [0.3, 0.4) is 0 Å². The van der Waals surface area contributed by atoms with Gasteiger partial charge < -0.3 is 15.1 Å². The molecule has 1 saturated carbocycles. The number of aryl methyl sites for hydroxylation is 2. The molecule has 0 radical (unpaired) electrons. The fourth-order valence-electron chi connectivity index (χ4n) is 8.51. The molecule has 0 amide bonds. The summed E-state index contributed by atoms with van der Waals surface area (Å²) in [5.74, 6) is 0.759. The van der Waals surface area contributed by atoms with Gasteiger partial charge in [0.2, 0.25) is 0 Å². The van der Waals surface area contributed by atoms with E-state index in [0.29, 0.717) is 12.0 Å². The number of para-hydroxylation sites is 2. The predicted octanol–water partition coefficient (Wildman–Crippen LogP) is 17.4. The van der Waals surface area contributed by atoms with Crippen molar-refractivity contribution in [3.8, 4) is 0 Å². The van der Waals surface area contributed by atoms with E-state index in [4.69, 9.17) is 0 Å². The number of anilines is 5. The fourth-order valence-corrected chi connectivity index (χ4v) is 8.74. The first kappa shape index (κ1) is 53.4. The van der Waals surface area contributed by atoms with Crippen LogP contribution in [0, 0.1) is 19.8 Å². The van der Waals surface area contributed by atoms with E-state index in [-0.39, 0.29) is 17.9 Å². The van der Waals surface area contributed by atoms with Crippen molar-refractivity contribution in [2.45, 2.75) is 119 Å². The Morgan fingerprint density at radius 3 is 1.44 bits per heavy atom. The molecule has 0 aromatic heterocycles. The van der Waals surface area contributed by atoms with E-state index in [9.17, 15) is 13.2 Å². The van der Waals surface area contributed by atoms with Gasteiger partial charge in [0, 0.05) is 70.8 Å². The molecular weight excluding hydrogens is 818 g/mol. The highest BCUT2D eigenvalue weighted by Gasteiger charge is 2.27. The van der Waals surface area contributed by atoms with E-state index < -0.39 is 5.51 Å². The second-order valence-electron chi connectivity index (χ2n) is 15.2. The van der Waals surface area contributed by atoms with E-state index in [1.165, 1.54) is 99.8 Å². The molecule has 1 aliphatic rings. The third-order valence-electron chi connectivity index (χ3n) is 11.5. The molecule has 64 heavy (non-hydrogen) atoms. The average molecular weight is 893 g/mol. The van der Waals surface area contributed by atoms with Gasteiger partial charge in [-0.15, -0.1) is 0 Å². The van der Waals surface area contributed by atoms with Crippen LogP contribution in [0.2, 0.25) is 0 Å². The van der Waals surface area contributed by atoms with Crippen LogP contribution < -0.4 is 19.8 Å². The molecule has 6 aromatic carbocycles.